The molecule has 0 amide bonds. The first-order valence-electron chi connectivity index (χ1n) is 14.9. The van der Waals surface area contributed by atoms with Gasteiger partial charge in [-0.2, -0.15) is 5.26 Å². The molecule has 41 heavy (non-hydrogen) atoms. The molecule has 222 valence electrons. The second-order valence-electron chi connectivity index (χ2n) is 12.2. The van der Waals surface area contributed by atoms with E-state index in [0.29, 0.717) is 28.6 Å². The van der Waals surface area contributed by atoms with Gasteiger partial charge < -0.3 is 19.3 Å². The van der Waals surface area contributed by atoms with Crippen LogP contribution in [-0.2, 0) is 9.53 Å². The molecule has 0 radical (unpaired) electrons. The summed E-state index contributed by atoms with van der Waals surface area (Å²) in [5.74, 6) is 1.55. The zero-order valence-electron chi connectivity index (χ0n) is 25.8. The molecule has 2 aliphatic carbocycles. The average Bonchev–Trinajstić information content (AvgIpc) is 3.00. The number of aliphatic hydroxyl groups excluding tert-OH is 1. The molecular formula is C35H47NO5. The Labute approximate surface area is 246 Å². The minimum absolute atomic E-state index is 0.0754. The summed E-state index contributed by atoms with van der Waals surface area (Å²) in [6, 6.07) is 15.5. The quantitative estimate of drug-likeness (QED) is 0.152. The molecule has 1 N–H and O–H groups in total. The van der Waals surface area contributed by atoms with Crippen LogP contribution in [0.5, 0.6) is 11.5 Å². The Bertz CT molecular complexity index is 1240. The zero-order valence-corrected chi connectivity index (χ0v) is 25.8. The van der Waals surface area contributed by atoms with Gasteiger partial charge in [0.1, 0.15) is 42.5 Å². The Morgan fingerprint density at radius 2 is 1.80 bits per heavy atom. The summed E-state index contributed by atoms with van der Waals surface area (Å²) in [6.45, 7) is 14.3. The van der Waals surface area contributed by atoms with Crippen molar-refractivity contribution in [1.82, 2.24) is 0 Å². The summed E-state index contributed by atoms with van der Waals surface area (Å²) in [5.41, 5.74) is 3.59. The van der Waals surface area contributed by atoms with E-state index in [9.17, 15) is 9.90 Å². The maximum absolute atomic E-state index is 11.6. The molecule has 0 fully saturated rings. The van der Waals surface area contributed by atoms with Gasteiger partial charge in [-0.1, -0.05) is 85.1 Å². The van der Waals surface area contributed by atoms with E-state index in [2.05, 4.69) is 64.5 Å². The van der Waals surface area contributed by atoms with Crippen molar-refractivity contribution in [2.24, 2.45) is 10.8 Å². The predicted molar refractivity (Wildman–Crippen MR) is 163 cm³/mol. The number of ether oxygens (including phenoxy) is 3. The maximum Gasteiger partial charge on any atom is 0.348 e. The number of esters is 1. The van der Waals surface area contributed by atoms with Crippen LogP contribution in [0.25, 0.3) is 6.08 Å². The van der Waals surface area contributed by atoms with Crippen LogP contribution < -0.4 is 9.47 Å². The van der Waals surface area contributed by atoms with Gasteiger partial charge >= 0.3 is 5.97 Å². The molecule has 0 aliphatic heterocycles. The highest BCUT2D eigenvalue weighted by molar-refractivity contribution is 5.97. The third kappa shape index (κ3) is 7.92. The second-order valence-corrected chi connectivity index (χ2v) is 12.2. The van der Waals surface area contributed by atoms with Crippen molar-refractivity contribution in [3.05, 3.63) is 64.7 Å². The van der Waals surface area contributed by atoms with Crippen molar-refractivity contribution >= 4 is 12.0 Å². The molecule has 3 unspecified atom stereocenters. The van der Waals surface area contributed by atoms with Gasteiger partial charge in [-0.3, -0.25) is 0 Å². The Morgan fingerprint density at radius 1 is 1.15 bits per heavy atom. The SMILES string of the molecule is CCC(C)(CC)CC1CC(C)(CC)[C@@H](C)c2ccc1cc2OCC(O)COc1ccc(/C=C(\C#N)C(=O)OC)cc1. The van der Waals surface area contributed by atoms with Crippen molar-refractivity contribution < 1.29 is 24.1 Å². The van der Waals surface area contributed by atoms with Gasteiger partial charge in [0, 0.05) is 0 Å². The van der Waals surface area contributed by atoms with Crippen LogP contribution in [-0.4, -0.2) is 37.5 Å². The number of carbonyl (C=O) groups excluding carboxylic acids is 1. The lowest BCUT2D eigenvalue weighted by molar-refractivity contribution is -0.135. The molecule has 0 heterocycles. The molecule has 2 bridgehead atoms. The molecule has 2 aromatic rings. The average molecular weight is 562 g/mol. The molecular weight excluding hydrogens is 514 g/mol. The molecule has 0 saturated carbocycles. The van der Waals surface area contributed by atoms with Gasteiger partial charge in [-0.15, -0.1) is 0 Å². The summed E-state index contributed by atoms with van der Waals surface area (Å²) >= 11 is 0. The molecule has 4 atom stereocenters. The number of fused-ring (bicyclic) bond motifs is 5. The molecule has 6 nitrogen and oxygen atoms in total. The number of aliphatic hydroxyl groups is 1. The molecule has 6 heteroatoms. The third-order valence-corrected chi connectivity index (χ3v) is 9.58. The van der Waals surface area contributed by atoms with Crippen LogP contribution >= 0.6 is 0 Å². The summed E-state index contributed by atoms with van der Waals surface area (Å²) in [4.78, 5) is 11.6. The lowest BCUT2D eigenvalue weighted by Gasteiger charge is -2.43. The van der Waals surface area contributed by atoms with Crippen molar-refractivity contribution in [3.8, 4) is 17.6 Å². The molecule has 0 saturated heterocycles. The number of hydrogen-bond acceptors (Lipinski definition) is 6. The van der Waals surface area contributed by atoms with E-state index in [1.165, 1.54) is 43.6 Å². The molecule has 2 aliphatic rings. The van der Waals surface area contributed by atoms with Gasteiger partial charge in [0.05, 0.1) is 7.11 Å². The Balaban J connectivity index is 1.69. The van der Waals surface area contributed by atoms with E-state index < -0.39 is 12.1 Å². The fourth-order valence-corrected chi connectivity index (χ4v) is 5.79. The van der Waals surface area contributed by atoms with Gasteiger partial charge in [0.2, 0.25) is 0 Å². The van der Waals surface area contributed by atoms with Gasteiger partial charge in [0.25, 0.3) is 0 Å². The third-order valence-electron chi connectivity index (χ3n) is 9.58. The number of methoxy groups -OCH3 is 1. The van der Waals surface area contributed by atoms with E-state index in [4.69, 9.17) is 14.7 Å². The van der Waals surface area contributed by atoms with Crippen molar-refractivity contribution in [2.45, 2.75) is 91.6 Å². The lowest BCUT2D eigenvalue weighted by atomic mass is 9.62. The fraction of sp³-hybridized carbons (Fsp3) is 0.543. The number of rotatable bonds is 13. The van der Waals surface area contributed by atoms with E-state index in [-0.39, 0.29) is 24.2 Å². The minimum atomic E-state index is -0.814. The lowest BCUT2D eigenvalue weighted by Crippen LogP contribution is -2.31. The topological polar surface area (TPSA) is 88.8 Å². The first-order valence-corrected chi connectivity index (χ1v) is 14.9. The largest absolute Gasteiger partial charge is 0.491 e. The van der Waals surface area contributed by atoms with E-state index >= 15 is 0 Å². The molecule has 0 spiro atoms. The molecule has 2 aromatic carbocycles. The summed E-state index contributed by atoms with van der Waals surface area (Å²) < 4.78 is 16.7. The first-order chi connectivity index (χ1) is 19.5. The van der Waals surface area contributed by atoms with Crippen LogP contribution in [0.15, 0.2) is 48.0 Å². The highest BCUT2D eigenvalue weighted by atomic mass is 16.5. The van der Waals surface area contributed by atoms with Crippen LogP contribution in [0, 0.1) is 22.2 Å². The predicted octanol–water partition coefficient (Wildman–Crippen LogP) is 7.81. The smallest absolute Gasteiger partial charge is 0.348 e. The van der Waals surface area contributed by atoms with Gasteiger partial charge in [0.15, 0.2) is 0 Å². The molecule has 4 rings (SSSR count). The summed E-state index contributed by atoms with van der Waals surface area (Å²) in [7, 11) is 1.24. The first kappa shape index (κ1) is 32.2. The zero-order chi connectivity index (χ0) is 30.2. The summed E-state index contributed by atoms with van der Waals surface area (Å²) in [5, 5.41) is 19.8. The Kier molecular flexibility index (Phi) is 11.0. The van der Waals surface area contributed by atoms with E-state index in [0.717, 1.165) is 18.6 Å². The number of nitrogens with zero attached hydrogens (tertiary/aromatic N) is 1. The van der Waals surface area contributed by atoms with E-state index in [1.807, 2.05) is 6.07 Å². The number of benzene rings is 2. The standard InChI is InChI=1S/C35H47NO5/c1-8-34(5,9-2)19-28-20-35(6,10-3)24(4)31-16-13-26(28)18-32(31)41-23-29(37)22-40-30-14-11-25(12-15-30)17-27(21-36)33(38)39-7/h11-18,24,28-29,37H,8-10,19-20,22-23H2,1-7H3/b27-17+/t24-,28?,29?,35?/m0/s1. The van der Waals surface area contributed by atoms with Crippen LogP contribution in [0.4, 0.5) is 0 Å². The van der Waals surface area contributed by atoms with Crippen LogP contribution in [0.3, 0.4) is 0 Å². The van der Waals surface area contributed by atoms with Crippen LogP contribution in [0.2, 0.25) is 0 Å². The van der Waals surface area contributed by atoms with Crippen LogP contribution in [0.1, 0.15) is 102 Å². The highest BCUT2D eigenvalue weighted by Gasteiger charge is 2.39. The fourth-order valence-electron chi connectivity index (χ4n) is 5.79. The van der Waals surface area contributed by atoms with Gasteiger partial charge in [-0.25, -0.2) is 4.79 Å². The number of hydrogen-bond donors (Lipinski definition) is 1. The monoisotopic (exact) mass is 561 g/mol. The highest BCUT2D eigenvalue weighted by Crippen LogP contribution is 2.53. The Morgan fingerprint density at radius 3 is 2.39 bits per heavy atom. The van der Waals surface area contributed by atoms with Crippen molar-refractivity contribution in [2.75, 3.05) is 20.3 Å². The normalized spacial score (nSPS) is 21.4. The van der Waals surface area contributed by atoms with Crippen molar-refractivity contribution in [3.63, 3.8) is 0 Å². The van der Waals surface area contributed by atoms with Gasteiger partial charge in [-0.05, 0) is 76.5 Å². The van der Waals surface area contributed by atoms with E-state index in [1.54, 1.807) is 24.3 Å². The Hall–Kier alpha value is -3.30. The minimum Gasteiger partial charge on any atom is -0.491 e. The molecule has 0 aromatic heterocycles. The maximum atomic E-state index is 11.6. The number of nitriles is 1. The van der Waals surface area contributed by atoms with Crippen molar-refractivity contribution in [1.29, 1.82) is 5.26 Å². The second kappa shape index (κ2) is 14.0. The number of carbonyl (C=O) groups is 1. The summed E-state index contributed by atoms with van der Waals surface area (Å²) in [6.07, 6.45) is 6.40.